The number of hydrogen-bond donors (Lipinski definition) is 1. The van der Waals surface area contributed by atoms with Crippen molar-refractivity contribution in [3.8, 4) is 0 Å². The highest BCUT2D eigenvalue weighted by molar-refractivity contribution is 4.70. The van der Waals surface area contributed by atoms with Crippen molar-refractivity contribution in [3.63, 3.8) is 0 Å². The molecule has 0 unspecified atom stereocenters. The molecule has 1 N–H and O–H groups in total. The van der Waals surface area contributed by atoms with Crippen LogP contribution in [0.3, 0.4) is 0 Å². The van der Waals surface area contributed by atoms with E-state index in [4.69, 9.17) is 4.74 Å². The van der Waals surface area contributed by atoms with Gasteiger partial charge in [0.05, 0.1) is 6.61 Å². The van der Waals surface area contributed by atoms with Crippen molar-refractivity contribution in [1.29, 1.82) is 0 Å². The fraction of sp³-hybridized carbons (Fsp3) is 1.00. The normalized spacial score (nSPS) is 12.4. The molecular weight excluding hydrogens is 200 g/mol. The van der Waals surface area contributed by atoms with Gasteiger partial charge in [0.15, 0.2) is 0 Å². The van der Waals surface area contributed by atoms with Gasteiger partial charge in [-0.1, -0.05) is 13.3 Å². The Morgan fingerprint density at radius 1 is 1.12 bits per heavy atom. The summed E-state index contributed by atoms with van der Waals surface area (Å²) in [4.78, 5) is 2.31. The van der Waals surface area contributed by atoms with Crippen LogP contribution in [0.1, 0.15) is 40.5 Å². The topological polar surface area (TPSA) is 24.5 Å². The quantitative estimate of drug-likeness (QED) is 0.614. The van der Waals surface area contributed by atoms with Crippen molar-refractivity contribution in [2.45, 2.75) is 46.1 Å². The molecule has 16 heavy (non-hydrogen) atoms. The van der Waals surface area contributed by atoms with E-state index < -0.39 is 0 Å². The summed E-state index contributed by atoms with van der Waals surface area (Å²) in [6.07, 6.45) is 2.39. The van der Waals surface area contributed by atoms with Gasteiger partial charge in [-0.15, -0.1) is 0 Å². The average molecular weight is 230 g/mol. The third kappa shape index (κ3) is 12.0. The van der Waals surface area contributed by atoms with Crippen molar-refractivity contribution in [2.24, 2.45) is 0 Å². The molecule has 0 aromatic heterocycles. The lowest BCUT2D eigenvalue weighted by atomic mass is 10.1. The first-order chi connectivity index (χ1) is 7.45. The lowest BCUT2D eigenvalue weighted by Crippen LogP contribution is -2.41. The van der Waals surface area contributed by atoms with E-state index in [0.717, 1.165) is 32.8 Å². The fourth-order valence-electron chi connectivity index (χ4n) is 1.30. The number of hydrogen-bond acceptors (Lipinski definition) is 3. The zero-order chi connectivity index (χ0) is 12.4. The molecule has 0 aromatic rings. The van der Waals surface area contributed by atoms with E-state index in [1.54, 1.807) is 0 Å². The zero-order valence-corrected chi connectivity index (χ0v) is 11.8. The molecule has 0 saturated carbocycles. The molecule has 3 nitrogen and oxygen atoms in total. The van der Waals surface area contributed by atoms with E-state index in [9.17, 15) is 0 Å². The second-order valence-corrected chi connectivity index (χ2v) is 5.45. The third-order valence-corrected chi connectivity index (χ3v) is 2.41. The molecule has 0 amide bonds. The second-order valence-electron chi connectivity index (χ2n) is 5.45. The van der Waals surface area contributed by atoms with Crippen molar-refractivity contribution in [3.05, 3.63) is 0 Å². The van der Waals surface area contributed by atoms with Gasteiger partial charge in [-0.2, -0.15) is 0 Å². The Labute approximate surface area is 102 Å². The summed E-state index contributed by atoms with van der Waals surface area (Å²) in [5.41, 5.74) is 0.221. The predicted molar refractivity (Wildman–Crippen MR) is 71.0 cm³/mol. The van der Waals surface area contributed by atoms with Crippen LogP contribution in [0.25, 0.3) is 0 Å². The highest BCUT2D eigenvalue weighted by Crippen LogP contribution is 1.97. The van der Waals surface area contributed by atoms with Gasteiger partial charge in [-0.25, -0.2) is 0 Å². The van der Waals surface area contributed by atoms with Crippen LogP contribution in [0.15, 0.2) is 0 Å². The molecule has 0 heterocycles. The molecule has 0 bridgehead atoms. The van der Waals surface area contributed by atoms with Crippen LogP contribution in [0.5, 0.6) is 0 Å². The van der Waals surface area contributed by atoms with Gasteiger partial charge in [0.2, 0.25) is 0 Å². The Hall–Kier alpha value is -0.120. The molecule has 0 spiro atoms. The number of rotatable bonds is 9. The lowest BCUT2D eigenvalue weighted by Gasteiger charge is -2.23. The van der Waals surface area contributed by atoms with Crippen LogP contribution >= 0.6 is 0 Å². The maximum absolute atomic E-state index is 5.53. The standard InChI is InChI=1S/C13H30N2O/c1-6-7-11-16-12-10-15(5)9-8-14-13(2,3)4/h14H,6-12H2,1-5H3. The van der Waals surface area contributed by atoms with Gasteiger partial charge in [-0.05, 0) is 34.2 Å². The third-order valence-electron chi connectivity index (χ3n) is 2.41. The summed E-state index contributed by atoms with van der Waals surface area (Å²) < 4.78 is 5.53. The van der Waals surface area contributed by atoms with Crippen LogP contribution in [0.2, 0.25) is 0 Å². The molecule has 0 aliphatic heterocycles. The van der Waals surface area contributed by atoms with E-state index in [2.05, 4.69) is 45.0 Å². The molecule has 0 rings (SSSR count). The first-order valence-corrected chi connectivity index (χ1v) is 6.47. The maximum Gasteiger partial charge on any atom is 0.0593 e. The summed E-state index contributed by atoms with van der Waals surface area (Å²) in [6, 6.07) is 0. The number of nitrogens with one attached hydrogen (secondary N) is 1. The molecule has 0 fully saturated rings. The molecule has 0 saturated heterocycles. The number of nitrogens with zero attached hydrogens (tertiary/aromatic N) is 1. The van der Waals surface area contributed by atoms with E-state index in [1.807, 2.05) is 0 Å². The Balaban J connectivity index is 3.28. The van der Waals surface area contributed by atoms with Crippen molar-refractivity contribution >= 4 is 0 Å². The van der Waals surface area contributed by atoms with Gasteiger partial charge < -0.3 is 15.0 Å². The zero-order valence-electron chi connectivity index (χ0n) is 11.8. The van der Waals surface area contributed by atoms with E-state index in [1.165, 1.54) is 12.8 Å². The minimum absolute atomic E-state index is 0.221. The minimum atomic E-state index is 0.221. The summed E-state index contributed by atoms with van der Waals surface area (Å²) >= 11 is 0. The molecule has 0 aliphatic carbocycles. The lowest BCUT2D eigenvalue weighted by molar-refractivity contribution is 0.109. The second kappa shape index (κ2) is 8.97. The molecule has 98 valence electrons. The molecule has 0 atom stereocenters. The summed E-state index contributed by atoms with van der Waals surface area (Å²) in [5, 5.41) is 3.48. The maximum atomic E-state index is 5.53. The fourth-order valence-corrected chi connectivity index (χ4v) is 1.30. The number of ether oxygens (including phenoxy) is 1. The van der Waals surface area contributed by atoms with Crippen LogP contribution in [-0.4, -0.2) is 50.3 Å². The van der Waals surface area contributed by atoms with Gasteiger partial charge in [0, 0.05) is 31.8 Å². The first-order valence-electron chi connectivity index (χ1n) is 6.47. The Morgan fingerprint density at radius 3 is 2.38 bits per heavy atom. The van der Waals surface area contributed by atoms with Gasteiger partial charge >= 0.3 is 0 Å². The molecule has 0 radical (unpaired) electrons. The number of likely N-dealkylation sites (N-methyl/N-ethyl adjacent to an activating group) is 1. The van der Waals surface area contributed by atoms with Crippen LogP contribution in [0, 0.1) is 0 Å². The molecular formula is C13H30N2O. The summed E-state index contributed by atoms with van der Waals surface area (Å²) in [6.45, 7) is 13.7. The Bertz CT molecular complexity index is 155. The number of unbranched alkanes of at least 4 members (excludes halogenated alkanes) is 1. The highest BCUT2D eigenvalue weighted by atomic mass is 16.5. The molecule has 0 aliphatic rings. The smallest absolute Gasteiger partial charge is 0.0593 e. The largest absolute Gasteiger partial charge is 0.380 e. The van der Waals surface area contributed by atoms with E-state index in [0.29, 0.717) is 0 Å². The van der Waals surface area contributed by atoms with Crippen molar-refractivity contribution < 1.29 is 4.74 Å². The first kappa shape index (κ1) is 15.9. The van der Waals surface area contributed by atoms with Crippen LogP contribution in [0.4, 0.5) is 0 Å². The predicted octanol–water partition coefficient (Wildman–Crippen LogP) is 2.12. The monoisotopic (exact) mass is 230 g/mol. The SMILES string of the molecule is CCCCOCCN(C)CCNC(C)(C)C. The summed E-state index contributed by atoms with van der Waals surface area (Å²) in [7, 11) is 2.15. The van der Waals surface area contributed by atoms with E-state index >= 15 is 0 Å². The van der Waals surface area contributed by atoms with Crippen LogP contribution < -0.4 is 5.32 Å². The van der Waals surface area contributed by atoms with Crippen molar-refractivity contribution in [2.75, 3.05) is 39.9 Å². The molecule has 0 aromatic carbocycles. The molecule has 3 heteroatoms. The minimum Gasteiger partial charge on any atom is -0.380 e. The summed E-state index contributed by atoms with van der Waals surface area (Å²) in [5.74, 6) is 0. The highest BCUT2D eigenvalue weighted by Gasteiger charge is 2.08. The van der Waals surface area contributed by atoms with Crippen LogP contribution in [-0.2, 0) is 4.74 Å². The average Bonchev–Trinajstić information content (AvgIpc) is 2.15. The van der Waals surface area contributed by atoms with E-state index in [-0.39, 0.29) is 5.54 Å². The Morgan fingerprint density at radius 2 is 1.81 bits per heavy atom. The van der Waals surface area contributed by atoms with Gasteiger partial charge in [0.1, 0.15) is 0 Å². The van der Waals surface area contributed by atoms with Crippen molar-refractivity contribution in [1.82, 2.24) is 10.2 Å². The Kier molecular flexibility index (Phi) is 8.90. The van der Waals surface area contributed by atoms with Gasteiger partial charge in [0.25, 0.3) is 0 Å². The van der Waals surface area contributed by atoms with Gasteiger partial charge in [-0.3, -0.25) is 0 Å².